The SMILES string of the molecule is CC(=O)c1sc(NN=C2CC3CCC2(C)C3(C)C)nc1C.[Br-]. The molecule has 0 aliphatic heterocycles. The largest absolute Gasteiger partial charge is 1.00 e. The maximum absolute atomic E-state index is 11.5. The molecule has 122 valence electrons. The van der Waals surface area contributed by atoms with Crippen LogP contribution in [0.25, 0.3) is 0 Å². The standard InChI is InChI=1S/C16H23N3OS.BrH/c1-9-13(10(2)20)21-14(17-9)19-18-12-8-11-6-7-16(12,5)15(11,3)4;/h11H,6-8H2,1-5H3,(H,17,19);1H/p-1. The Morgan fingerprint density at radius 2 is 2.09 bits per heavy atom. The van der Waals surface area contributed by atoms with E-state index in [0.29, 0.717) is 5.41 Å². The van der Waals surface area contributed by atoms with E-state index in [9.17, 15) is 4.79 Å². The van der Waals surface area contributed by atoms with Crippen LogP contribution in [-0.2, 0) is 0 Å². The molecular formula is C16H23BrN3OS-. The Kier molecular flexibility index (Phi) is 4.57. The molecule has 22 heavy (non-hydrogen) atoms. The molecule has 2 saturated carbocycles. The predicted molar refractivity (Wildman–Crippen MR) is 87.1 cm³/mol. The number of thiazole rings is 1. The Morgan fingerprint density at radius 3 is 2.55 bits per heavy atom. The first-order valence-electron chi connectivity index (χ1n) is 7.57. The number of carbonyl (C=O) groups excluding carboxylic acids is 1. The first-order chi connectivity index (χ1) is 9.75. The summed E-state index contributed by atoms with van der Waals surface area (Å²) in [6, 6.07) is 0. The Hall–Kier alpha value is -0.750. The van der Waals surface area contributed by atoms with E-state index < -0.39 is 0 Å². The van der Waals surface area contributed by atoms with Crippen molar-refractivity contribution in [2.75, 3.05) is 5.43 Å². The molecule has 1 aromatic rings. The van der Waals surface area contributed by atoms with Gasteiger partial charge in [0, 0.05) is 18.1 Å². The highest BCUT2D eigenvalue weighted by atomic mass is 79.9. The molecule has 1 N–H and O–H groups in total. The molecule has 1 aromatic heterocycles. The first-order valence-corrected chi connectivity index (χ1v) is 8.39. The summed E-state index contributed by atoms with van der Waals surface area (Å²) >= 11 is 1.39. The lowest BCUT2D eigenvalue weighted by Crippen LogP contribution is -3.00. The van der Waals surface area contributed by atoms with Crippen LogP contribution in [0.2, 0.25) is 0 Å². The van der Waals surface area contributed by atoms with Crippen molar-refractivity contribution in [3.63, 3.8) is 0 Å². The minimum Gasteiger partial charge on any atom is -1.00 e. The molecule has 0 saturated heterocycles. The van der Waals surface area contributed by atoms with Crippen LogP contribution in [0.3, 0.4) is 0 Å². The summed E-state index contributed by atoms with van der Waals surface area (Å²) in [5.41, 5.74) is 5.67. The van der Waals surface area contributed by atoms with Crippen LogP contribution in [0.15, 0.2) is 5.10 Å². The van der Waals surface area contributed by atoms with E-state index in [0.717, 1.165) is 28.0 Å². The fourth-order valence-electron chi connectivity index (χ4n) is 3.98. The highest BCUT2D eigenvalue weighted by molar-refractivity contribution is 7.17. The van der Waals surface area contributed by atoms with Crippen LogP contribution >= 0.6 is 11.3 Å². The van der Waals surface area contributed by atoms with Crippen LogP contribution < -0.4 is 22.4 Å². The summed E-state index contributed by atoms with van der Waals surface area (Å²) in [5, 5.41) is 5.38. The quantitative estimate of drug-likeness (QED) is 0.630. The van der Waals surface area contributed by atoms with Crippen molar-refractivity contribution in [2.24, 2.45) is 21.8 Å². The van der Waals surface area contributed by atoms with Crippen molar-refractivity contribution >= 4 is 28.0 Å². The van der Waals surface area contributed by atoms with E-state index in [4.69, 9.17) is 0 Å². The van der Waals surface area contributed by atoms with E-state index in [1.165, 1.54) is 29.9 Å². The highest BCUT2D eigenvalue weighted by Crippen LogP contribution is 2.63. The Morgan fingerprint density at radius 1 is 1.41 bits per heavy atom. The Balaban J connectivity index is 0.00000176. The van der Waals surface area contributed by atoms with Crippen molar-refractivity contribution in [1.82, 2.24) is 4.98 Å². The molecule has 4 nitrogen and oxygen atoms in total. The van der Waals surface area contributed by atoms with E-state index in [1.54, 1.807) is 6.92 Å². The van der Waals surface area contributed by atoms with Gasteiger partial charge in [-0.15, -0.1) is 0 Å². The Bertz CT molecular complexity index is 637. The molecule has 0 amide bonds. The fourth-order valence-corrected chi connectivity index (χ4v) is 4.79. The molecule has 0 aromatic carbocycles. The number of hydrogen-bond donors (Lipinski definition) is 1. The number of nitrogens with zero attached hydrogens (tertiary/aromatic N) is 2. The number of anilines is 1. The third-order valence-electron chi connectivity index (χ3n) is 5.92. The van der Waals surface area contributed by atoms with Gasteiger partial charge in [-0.25, -0.2) is 4.98 Å². The average Bonchev–Trinajstić information content (AvgIpc) is 2.93. The van der Waals surface area contributed by atoms with Gasteiger partial charge in [0.15, 0.2) is 5.78 Å². The molecule has 2 atom stereocenters. The second kappa shape index (κ2) is 5.71. The topological polar surface area (TPSA) is 54.4 Å². The number of rotatable bonds is 3. The van der Waals surface area contributed by atoms with Crippen molar-refractivity contribution in [3.05, 3.63) is 10.6 Å². The summed E-state index contributed by atoms with van der Waals surface area (Å²) in [6.07, 6.45) is 3.62. The summed E-state index contributed by atoms with van der Waals surface area (Å²) in [5.74, 6) is 0.813. The minimum absolute atomic E-state index is 0. The molecular weight excluding hydrogens is 362 g/mol. The number of ketones is 1. The van der Waals surface area contributed by atoms with E-state index in [-0.39, 0.29) is 28.2 Å². The second-order valence-electron chi connectivity index (χ2n) is 7.15. The third-order valence-corrected chi connectivity index (χ3v) is 7.08. The molecule has 3 rings (SSSR count). The van der Waals surface area contributed by atoms with Gasteiger partial charge in [0.1, 0.15) is 0 Å². The number of halogens is 1. The molecule has 2 aliphatic rings. The van der Waals surface area contributed by atoms with Crippen LogP contribution in [0.1, 0.15) is 62.3 Å². The summed E-state index contributed by atoms with van der Waals surface area (Å²) in [6.45, 7) is 10.5. The lowest BCUT2D eigenvalue weighted by atomic mass is 9.70. The van der Waals surface area contributed by atoms with E-state index in [2.05, 4.69) is 36.3 Å². The molecule has 6 heteroatoms. The van der Waals surface area contributed by atoms with Crippen LogP contribution in [0.5, 0.6) is 0 Å². The third kappa shape index (κ3) is 2.44. The van der Waals surface area contributed by atoms with Gasteiger partial charge in [-0.1, -0.05) is 32.1 Å². The Labute approximate surface area is 146 Å². The van der Waals surface area contributed by atoms with Crippen molar-refractivity contribution in [1.29, 1.82) is 0 Å². The number of aryl methyl sites for hydroxylation is 1. The number of Topliss-reactive ketones (excluding diaryl/α,β-unsaturated/α-hetero) is 1. The van der Waals surface area contributed by atoms with Crippen molar-refractivity contribution in [3.8, 4) is 0 Å². The monoisotopic (exact) mass is 384 g/mol. The average molecular weight is 385 g/mol. The lowest BCUT2D eigenvalue weighted by Gasteiger charge is -2.34. The summed E-state index contributed by atoms with van der Waals surface area (Å²) in [7, 11) is 0. The van der Waals surface area contributed by atoms with Gasteiger partial charge in [-0.05, 0) is 37.5 Å². The van der Waals surface area contributed by atoms with Gasteiger partial charge in [-0.3, -0.25) is 10.2 Å². The fraction of sp³-hybridized carbons (Fsp3) is 0.688. The smallest absolute Gasteiger partial charge is 0.204 e. The van der Waals surface area contributed by atoms with Crippen LogP contribution in [0.4, 0.5) is 5.13 Å². The highest BCUT2D eigenvalue weighted by Gasteiger charge is 2.59. The van der Waals surface area contributed by atoms with Gasteiger partial charge >= 0.3 is 0 Å². The van der Waals surface area contributed by atoms with Gasteiger partial charge in [0.25, 0.3) is 0 Å². The zero-order chi connectivity index (χ0) is 15.4. The molecule has 2 fully saturated rings. The van der Waals surface area contributed by atoms with Gasteiger partial charge in [0.05, 0.1) is 10.6 Å². The minimum atomic E-state index is 0. The number of fused-ring (bicyclic) bond motifs is 2. The maximum Gasteiger partial charge on any atom is 0.204 e. The number of aromatic nitrogens is 1. The van der Waals surface area contributed by atoms with Gasteiger partial charge in [-0.2, -0.15) is 5.10 Å². The lowest BCUT2D eigenvalue weighted by molar-refractivity contribution is -0.0000129. The maximum atomic E-state index is 11.5. The van der Waals surface area contributed by atoms with Crippen LogP contribution in [0, 0.1) is 23.7 Å². The van der Waals surface area contributed by atoms with E-state index >= 15 is 0 Å². The van der Waals surface area contributed by atoms with Gasteiger partial charge in [0.2, 0.25) is 5.13 Å². The summed E-state index contributed by atoms with van der Waals surface area (Å²) in [4.78, 5) is 16.6. The van der Waals surface area contributed by atoms with Crippen LogP contribution in [-0.4, -0.2) is 16.5 Å². The van der Waals surface area contributed by atoms with Crippen molar-refractivity contribution in [2.45, 2.75) is 53.9 Å². The number of hydrogen-bond acceptors (Lipinski definition) is 5. The van der Waals surface area contributed by atoms with Crippen molar-refractivity contribution < 1.29 is 21.8 Å². The summed E-state index contributed by atoms with van der Waals surface area (Å²) < 4.78 is 0. The zero-order valence-corrected chi connectivity index (χ0v) is 16.2. The molecule has 1 heterocycles. The molecule has 0 spiro atoms. The number of hydrazone groups is 1. The molecule has 2 unspecified atom stereocenters. The van der Waals surface area contributed by atoms with Gasteiger partial charge < -0.3 is 17.0 Å². The number of carbonyl (C=O) groups is 1. The molecule has 2 aliphatic carbocycles. The first kappa shape index (κ1) is 17.6. The predicted octanol–water partition coefficient (Wildman–Crippen LogP) is 1.27. The second-order valence-corrected chi connectivity index (χ2v) is 8.15. The normalized spacial score (nSPS) is 30.4. The number of nitrogens with one attached hydrogen (secondary N) is 1. The zero-order valence-electron chi connectivity index (χ0n) is 13.8. The molecule has 2 bridgehead atoms. The van der Waals surface area contributed by atoms with E-state index in [1.807, 2.05) is 6.92 Å². The molecule has 0 radical (unpaired) electrons.